The highest BCUT2D eigenvalue weighted by Crippen LogP contribution is 2.27. The highest BCUT2D eigenvalue weighted by atomic mass is 16.5. The quantitative estimate of drug-likeness (QED) is 0.797. The summed E-state index contributed by atoms with van der Waals surface area (Å²) in [6.07, 6.45) is 2.27. The molecule has 1 aromatic rings. The smallest absolute Gasteiger partial charge is 0.122 e. The van der Waals surface area contributed by atoms with Gasteiger partial charge in [-0.05, 0) is 49.0 Å². The number of hydrogen-bond donors (Lipinski definition) is 1. The third-order valence-electron chi connectivity index (χ3n) is 3.56. The van der Waals surface area contributed by atoms with E-state index in [1.54, 1.807) is 7.11 Å². The molecule has 18 heavy (non-hydrogen) atoms. The zero-order chi connectivity index (χ0) is 13.5. The molecule has 1 rings (SSSR count). The van der Waals surface area contributed by atoms with Gasteiger partial charge < -0.3 is 10.1 Å². The second kappa shape index (κ2) is 7.42. The van der Waals surface area contributed by atoms with Gasteiger partial charge >= 0.3 is 0 Å². The Kier molecular flexibility index (Phi) is 6.20. The largest absolute Gasteiger partial charge is 0.496 e. The molecule has 0 aromatic heterocycles. The molecule has 0 amide bonds. The Hall–Kier alpha value is -1.02. The minimum absolute atomic E-state index is 0.548. The normalized spacial score (nSPS) is 12.8. The molecular weight excluding hydrogens is 222 g/mol. The van der Waals surface area contributed by atoms with E-state index in [0.29, 0.717) is 11.8 Å². The van der Waals surface area contributed by atoms with Crippen LogP contribution in [0.15, 0.2) is 18.2 Å². The molecule has 0 spiro atoms. The van der Waals surface area contributed by atoms with E-state index in [9.17, 15) is 0 Å². The molecular formula is C16H27NO. The van der Waals surface area contributed by atoms with Crippen molar-refractivity contribution in [2.75, 3.05) is 20.7 Å². The van der Waals surface area contributed by atoms with Crippen LogP contribution in [0.2, 0.25) is 0 Å². The van der Waals surface area contributed by atoms with Crippen LogP contribution in [-0.2, 0) is 6.42 Å². The molecule has 0 aliphatic carbocycles. The fraction of sp³-hybridized carbons (Fsp3) is 0.625. The molecule has 1 N–H and O–H groups in total. The second-order valence-electron chi connectivity index (χ2n) is 5.26. The number of nitrogens with one attached hydrogen (secondary N) is 1. The molecule has 2 nitrogen and oxygen atoms in total. The van der Waals surface area contributed by atoms with Crippen LogP contribution in [0.1, 0.15) is 44.2 Å². The maximum atomic E-state index is 5.54. The van der Waals surface area contributed by atoms with Gasteiger partial charge in [0.15, 0.2) is 0 Å². The van der Waals surface area contributed by atoms with E-state index >= 15 is 0 Å². The number of methoxy groups -OCH3 is 1. The molecule has 0 radical (unpaired) electrons. The summed E-state index contributed by atoms with van der Waals surface area (Å²) in [6.45, 7) is 7.73. The van der Waals surface area contributed by atoms with Crippen molar-refractivity contribution in [3.63, 3.8) is 0 Å². The molecule has 1 atom stereocenters. The summed E-state index contributed by atoms with van der Waals surface area (Å²) in [5.74, 6) is 2.26. The van der Waals surface area contributed by atoms with Gasteiger partial charge in [-0.3, -0.25) is 0 Å². The molecule has 102 valence electrons. The Bertz CT molecular complexity index is 360. The average molecular weight is 249 g/mol. The van der Waals surface area contributed by atoms with Crippen molar-refractivity contribution in [3.8, 4) is 5.75 Å². The minimum Gasteiger partial charge on any atom is -0.496 e. The second-order valence-corrected chi connectivity index (χ2v) is 5.26. The van der Waals surface area contributed by atoms with Gasteiger partial charge in [-0.1, -0.05) is 39.3 Å². The molecule has 0 saturated heterocycles. The highest BCUT2D eigenvalue weighted by molar-refractivity contribution is 5.39. The van der Waals surface area contributed by atoms with E-state index in [0.717, 1.165) is 18.7 Å². The van der Waals surface area contributed by atoms with Crippen LogP contribution in [0, 0.1) is 5.92 Å². The average Bonchev–Trinajstić information content (AvgIpc) is 2.38. The molecule has 0 aliphatic heterocycles. The van der Waals surface area contributed by atoms with Gasteiger partial charge in [0.2, 0.25) is 0 Å². The topological polar surface area (TPSA) is 21.3 Å². The van der Waals surface area contributed by atoms with Crippen molar-refractivity contribution in [2.45, 2.75) is 39.5 Å². The molecule has 1 unspecified atom stereocenters. The molecule has 0 aliphatic rings. The summed E-state index contributed by atoms with van der Waals surface area (Å²) in [7, 11) is 3.78. The van der Waals surface area contributed by atoms with E-state index in [2.05, 4.69) is 44.3 Å². The lowest BCUT2D eigenvalue weighted by molar-refractivity contribution is 0.400. The summed E-state index contributed by atoms with van der Waals surface area (Å²) in [4.78, 5) is 0. The maximum Gasteiger partial charge on any atom is 0.122 e. The SMILES string of the molecule is CCC(CNC)Cc1ccc(C(C)C)cc1OC. The first-order valence-corrected chi connectivity index (χ1v) is 6.93. The molecule has 1 aromatic carbocycles. The van der Waals surface area contributed by atoms with E-state index in [1.807, 2.05) is 7.05 Å². The number of ether oxygens (including phenoxy) is 1. The predicted molar refractivity (Wildman–Crippen MR) is 78.5 cm³/mol. The summed E-state index contributed by atoms with van der Waals surface area (Å²) < 4.78 is 5.54. The Balaban J connectivity index is 2.87. The standard InChI is InChI=1S/C16H27NO/c1-6-13(11-17-4)9-15-8-7-14(12(2)3)10-16(15)18-5/h7-8,10,12-13,17H,6,9,11H2,1-5H3. The van der Waals surface area contributed by atoms with Crippen LogP contribution in [0.5, 0.6) is 5.75 Å². The number of rotatable bonds is 7. The Morgan fingerprint density at radius 3 is 2.50 bits per heavy atom. The lowest BCUT2D eigenvalue weighted by Gasteiger charge is -2.18. The van der Waals surface area contributed by atoms with Crippen molar-refractivity contribution in [1.29, 1.82) is 0 Å². The van der Waals surface area contributed by atoms with Crippen LogP contribution in [0.3, 0.4) is 0 Å². The van der Waals surface area contributed by atoms with Gasteiger partial charge in [0.25, 0.3) is 0 Å². The zero-order valence-corrected chi connectivity index (χ0v) is 12.4. The summed E-state index contributed by atoms with van der Waals surface area (Å²) in [5, 5.41) is 3.27. The van der Waals surface area contributed by atoms with Gasteiger partial charge in [0, 0.05) is 0 Å². The van der Waals surface area contributed by atoms with Gasteiger partial charge in [0.05, 0.1) is 7.11 Å². The fourth-order valence-electron chi connectivity index (χ4n) is 2.25. The molecule has 0 fully saturated rings. The van der Waals surface area contributed by atoms with Gasteiger partial charge in [-0.15, -0.1) is 0 Å². The van der Waals surface area contributed by atoms with E-state index in [4.69, 9.17) is 4.74 Å². The first-order valence-electron chi connectivity index (χ1n) is 6.93. The molecule has 2 heteroatoms. The van der Waals surface area contributed by atoms with Crippen molar-refractivity contribution in [1.82, 2.24) is 5.32 Å². The van der Waals surface area contributed by atoms with E-state index < -0.39 is 0 Å². The highest BCUT2D eigenvalue weighted by Gasteiger charge is 2.12. The van der Waals surface area contributed by atoms with Gasteiger partial charge in [-0.25, -0.2) is 0 Å². The summed E-state index contributed by atoms with van der Waals surface area (Å²) in [6, 6.07) is 6.65. The van der Waals surface area contributed by atoms with Crippen molar-refractivity contribution in [3.05, 3.63) is 29.3 Å². The van der Waals surface area contributed by atoms with Crippen LogP contribution in [0.25, 0.3) is 0 Å². The minimum atomic E-state index is 0.548. The van der Waals surface area contributed by atoms with Gasteiger partial charge in [-0.2, -0.15) is 0 Å². The molecule has 0 heterocycles. The fourth-order valence-corrected chi connectivity index (χ4v) is 2.25. The van der Waals surface area contributed by atoms with Crippen molar-refractivity contribution in [2.24, 2.45) is 5.92 Å². The molecule has 0 saturated carbocycles. The Labute approximate surface area is 112 Å². The molecule has 0 bridgehead atoms. The van der Waals surface area contributed by atoms with Crippen molar-refractivity contribution >= 4 is 0 Å². The lowest BCUT2D eigenvalue weighted by Crippen LogP contribution is -2.20. The predicted octanol–water partition coefficient (Wildman–Crippen LogP) is 3.61. The summed E-state index contributed by atoms with van der Waals surface area (Å²) >= 11 is 0. The third-order valence-corrected chi connectivity index (χ3v) is 3.56. The third kappa shape index (κ3) is 4.02. The van der Waals surface area contributed by atoms with Crippen LogP contribution < -0.4 is 10.1 Å². The lowest BCUT2D eigenvalue weighted by atomic mass is 9.93. The Morgan fingerprint density at radius 2 is 2.00 bits per heavy atom. The van der Waals surface area contributed by atoms with E-state index in [1.165, 1.54) is 17.5 Å². The van der Waals surface area contributed by atoms with Gasteiger partial charge in [0.1, 0.15) is 5.75 Å². The van der Waals surface area contributed by atoms with Crippen LogP contribution in [-0.4, -0.2) is 20.7 Å². The zero-order valence-electron chi connectivity index (χ0n) is 12.4. The van der Waals surface area contributed by atoms with E-state index in [-0.39, 0.29) is 0 Å². The number of hydrogen-bond acceptors (Lipinski definition) is 2. The van der Waals surface area contributed by atoms with Crippen molar-refractivity contribution < 1.29 is 4.74 Å². The first kappa shape index (κ1) is 15.0. The summed E-state index contributed by atoms with van der Waals surface area (Å²) in [5.41, 5.74) is 2.67. The van der Waals surface area contributed by atoms with Crippen LogP contribution >= 0.6 is 0 Å². The first-order chi connectivity index (χ1) is 8.62. The number of benzene rings is 1. The Morgan fingerprint density at radius 1 is 1.28 bits per heavy atom. The monoisotopic (exact) mass is 249 g/mol. The van der Waals surface area contributed by atoms with Crippen LogP contribution in [0.4, 0.5) is 0 Å². The maximum absolute atomic E-state index is 5.54.